The number of aliphatic imine (C=N–C) groups is 1. The van der Waals surface area contributed by atoms with Crippen LogP contribution >= 0.6 is 0 Å². The summed E-state index contributed by atoms with van der Waals surface area (Å²) in [5.41, 5.74) is 6.64. The van der Waals surface area contributed by atoms with E-state index in [1.165, 1.54) is 0 Å². The van der Waals surface area contributed by atoms with Crippen LogP contribution in [0.5, 0.6) is 5.75 Å². The maximum Gasteiger partial charge on any atom is 0.193 e. The Morgan fingerprint density at radius 2 is 1.76 bits per heavy atom. The van der Waals surface area contributed by atoms with Crippen LogP contribution in [0.3, 0.4) is 0 Å². The van der Waals surface area contributed by atoms with Gasteiger partial charge in [-0.3, -0.25) is 4.99 Å². The second kappa shape index (κ2) is 6.13. The Bertz CT molecular complexity index is 369. The molecule has 0 aliphatic heterocycles. The predicted molar refractivity (Wildman–Crippen MR) is 72.6 cm³/mol. The highest BCUT2D eigenvalue weighted by atomic mass is 16.5. The fraction of sp³-hybridized carbons (Fsp3) is 0.462. The van der Waals surface area contributed by atoms with Crippen LogP contribution in [0.25, 0.3) is 0 Å². The van der Waals surface area contributed by atoms with Gasteiger partial charge < -0.3 is 15.8 Å². The monoisotopic (exact) mass is 235 g/mol. The van der Waals surface area contributed by atoms with Crippen molar-refractivity contribution < 1.29 is 4.74 Å². The lowest BCUT2D eigenvalue weighted by molar-refractivity contribution is 0.242. The minimum atomic E-state index is 0.182. The van der Waals surface area contributed by atoms with E-state index in [1.54, 1.807) is 0 Å². The zero-order chi connectivity index (χ0) is 12.8. The van der Waals surface area contributed by atoms with Gasteiger partial charge >= 0.3 is 0 Å². The van der Waals surface area contributed by atoms with Crippen molar-refractivity contribution in [1.29, 1.82) is 0 Å². The Morgan fingerprint density at radius 3 is 2.24 bits per heavy atom. The van der Waals surface area contributed by atoms with Gasteiger partial charge in [0.25, 0.3) is 0 Å². The first-order chi connectivity index (χ1) is 7.97. The number of nitrogens with two attached hydrogens (primary N) is 1. The summed E-state index contributed by atoms with van der Waals surface area (Å²) >= 11 is 0. The van der Waals surface area contributed by atoms with E-state index in [2.05, 4.69) is 10.3 Å². The van der Waals surface area contributed by atoms with Gasteiger partial charge in [-0.2, -0.15) is 0 Å². The van der Waals surface area contributed by atoms with Crippen LogP contribution in [0, 0.1) is 0 Å². The van der Waals surface area contributed by atoms with Crippen molar-refractivity contribution in [2.24, 2.45) is 10.7 Å². The molecule has 17 heavy (non-hydrogen) atoms. The van der Waals surface area contributed by atoms with Crippen LogP contribution < -0.4 is 15.8 Å². The van der Waals surface area contributed by atoms with E-state index in [1.807, 2.05) is 52.0 Å². The van der Waals surface area contributed by atoms with Gasteiger partial charge in [0.1, 0.15) is 5.75 Å². The lowest BCUT2D eigenvalue weighted by Gasteiger charge is -2.11. The summed E-state index contributed by atoms with van der Waals surface area (Å²) in [6.07, 6.45) is 0.182. The van der Waals surface area contributed by atoms with Crippen molar-refractivity contribution in [2.45, 2.75) is 39.8 Å². The van der Waals surface area contributed by atoms with E-state index >= 15 is 0 Å². The fourth-order valence-corrected chi connectivity index (χ4v) is 1.35. The highest BCUT2D eigenvalue weighted by Gasteiger charge is 1.99. The Kier molecular flexibility index (Phi) is 4.82. The van der Waals surface area contributed by atoms with E-state index in [9.17, 15) is 0 Å². The number of anilines is 1. The average molecular weight is 235 g/mol. The number of guanidine groups is 1. The third-order valence-corrected chi connectivity index (χ3v) is 1.90. The van der Waals surface area contributed by atoms with Crippen LogP contribution in [-0.2, 0) is 0 Å². The Hall–Kier alpha value is -1.71. The molecule has 0 atom stereocenters. The van der Waals surface area contributed by atoms with Gasteiger partial charge in [0.2, 0.25) is 0 Å². The smallest absolute Gasteiger partial charge is 0.193 e. The molecule has 0 aliphatic carbocycles. The third-order valence-electron chi connectivity index (χ3n) is 1.90. The van der Waals surface area contributed by atoms with Crippen LogP contribution in [0.15, 0.2) is 29.3 Å². The zero-order valence-corrected chi connectivity index (χ0v) is 10.9. The normalized spacial score (nSPS) is 12.0. The second-order valence-corrected chi connectivity index (χ2v) is 4.42. The molecular formula is C13H21N3O. The van der Waals surface area contributed by atoms with Gasteiger partial charge in [-0.25, -0.2) is 0 Å². The summed E-state index contributed by atoms with van der Waals surface area (Å²) < 4.78 is 5.55. The van der Waals surface area contributed by atoms with Crippen LogP contribution in [0.1, 0.15) is 27.7 Å². The van der Waals surface area contributed by atoms with Gasteiger partial charge in [-0.05, 0) is 52.0 Å². The summed E-state index contributed by atoms with van der Waals surface area (Å²) in [5, 5.41) is 3.03. The van der Waals surface area contributed by atoms with E-state index in [0.29, 0.717) is 5.96 Å². The van der Waals surface area contributed by atoms with E-state index in [-0.39, 0.29) is 12.1 Å². The summed E-state index contributed by atoms with van der Waals surface area (Å²) in [4.78, 5) is 4.20. The Morgan fingerprint density at radius 1 is 1.18 bits per heavy atom. The molecule has 0 aromatic heterocycles. The molecule has 3 N–H and O–H groups in total. The number of rotatable bonds is 4. The number of hydrogen-bond acceptors (Lipinski definition) is 2. The summed E-state index contributed by atoms with van der Waals surface area (Å²) in [6.45, 7) is 7.96. The van der Waals surface area contributed by atoms with Crippen molar-refractivity contribution in [3.05, 3.63) is 24.3 Å². The topological polar surface area (TPSA) is 59.6 Å². The number of ether oxygens (including phenoxy) is 1. The lowest BCUT2D eigenvalue weighted by Crippen LogP contribution is -2.23. The third kappa shape index (κ3) is 5.24. The SMILES string of the molecule is CC(C)N=C(N)Nc1ccc(OC(C)C)cc1. The molecule has 1 aromatic carbocycles. The molecule has 0 saturated carbocycles. The first-order valence-electron chi connectivity index (χ1n) is 5.84. The molecule has 0 unspecified atom stereocenters. The fourth-order valence-electron chi connectivity index (χ4n) is 1.35. The molecule has 1 aromatic rings. The van der Waals surface area contributed by atoms with E-state index in [4.69, 9.17) is 10.5 Å². The summed E-state index contributed by atoms with van der Waals surface area (Å²) in [6, 6.07) is 7.84. The quantitative estimate of drug-likeness (QED) is 0.623. The average Bonchev–Trinajstić information content (AvgIpc) is 2.18. The van der Waals surface area contributed by atoms with Gasteiger partial charge in [0, 0.05) is 11.7 Å². The highest BCUT2D eigenvalue weighted by Crippen LogP contribution is 2.16. The molecule has 4 nitrogen and oxygen atoms in total. The van der Waals surface area contributed by atoms with Crippen LogP contribution in [-0.4, -0.2) is 18.1 Å². The minimum Gasteiger partial charge on any atom is -0.491 e. The van der Waals surface area contributed by atoms with E-state index < -0.39 is 0 Å². The van der Waals surface area contributed by atoms with Crippen LogP contribution in [0.2, 0.25) is 0 Å². The van der Waals surface area contributed by atoms with Gasteiger partial charge in [0.15, 0.2) is 5.96 Å². The summed E-state index contributed by atoms with van der Waals surface area (Å²) in [7, 11) is 0. The molecule has 1 rings (SSSR count). The molecule has 0 bridgehead atoms. The lowest BCUT2D eigenvalue weighted by atomic mass is 10.3. The molecule has 0 amide bonds. The molecule has 0 spiro atoms. The maximum absolute atomic E-state index is 5.73. The van der Waals surface area contributed by atoms with Crippen molar-refractivity contribution in [3.63, 3.8) is 0 Å². The molecule has 0 heterocycles. The van der Waals surface area contributed by atoms with Gasteiger partial charge in [-0.1, -0.05) is 0 Å². The van der Waals surface area contributed by atoms with Crippen LogP contribution in [0.4, 0.5) is 5.69 Å². The highest BCUT2D eigenvalue weighted by molar-refractivity contribution is 5.92. The van der Waals surface area contributed by atoms with E-state index in [0.717, 1.165) is 11.4 Å². The number of hydrogen-bond donors (Lipinski definition) is 2. The molecule has 4 heteroatoms. The van der Waals surface area contributed by atoms with Crippen molar-refractivity contribution >= 4 is 11.6 Å². The van der Waals surface area contributed by atoms with Crippen molar-refractivity contribution in [3.8, 4) is 5.75 Å². The molecule has 0 aliphatic rings. The predicted octanol–water partition coefficient (Wildman–Crippen LogP) is 2.61. The van der Waals surface area contributed by atoms with Crippen molar-refractivity contribution in [1.82, 2.24) is 0 Å². The minimum absolute atomic E-state index is 0.182. The molecule has 0 fully saturated rings. The Balaban J connectivity index is 2.62. The molecule has 94 valence electrons. The second-order valence-electron chi connectivity index (χ2n) is 4.42. The zero-order valence-electron chi connectivity index (χ0n) is 10.9. The van der Waals surface area contributed by atoms with Gasteiger partial charge in [-0.15, -0.1) is 0 Å². The first-order valence-corrected chi connectivity index (χ1v) is 5.84. The van der Waals surface area contributed by atoms with Gasteiger partial charge in [0.05, 0.1) is 6.10 Å². The largest absolute Gasteiger partial charge is 0.491 e. The molecule has 0 saturated heterocycles. The standard InChI is InChI=1S/C13H21N3O/c1-9(2)15-13(14)16-11-5-7-12(8-6-11)17-10(3)4/h5-10H,1-4H3,(H3,14,15,16). The summed E-state index contributed by atoms with van der Waals surface area (Å²) in [5.74, 6) is 1.28. The van der Waals surface area contributed by atoms with Crippen molar-refractivity contribution in [2.75, 3.05) is 5.32 Å². The molecular weight excluding hydrogens is 214 g/mol. The first kappa shape index (κ1) is 13.4. The molecule has 0 radical (unpaired) electrons. The number of nitrogens with zero attached hydrogens (tertiary/aromatic N) is 1. The number of nitrogens with one attached hydrogen (secondary N) is 1. The maximum atomic E-state index is 5.73. The Labute approximate surface area is 103 Å². The number of benzene rings is 1.